The fourth-order valence-electron chi connectivity index (χ4n) is 3.16. The predicted octanol–water partition coefficient (Wildman–Crippen LogP) is 5.11. The maximum atomic E-state index is 2.38. The number of fused-ring (bicyclic) bond motifs is 1. The summed E-state index contributed by atoms with van der Waals surface area (Å²) in [4.78, 5) is 0. The lowest BCUT2D eigenvalue weighted by molar-refractivity contribution is 0.125. The van der Waals surface area contributed by atoms with Crippen molar-refractivity contribution >= 4 is 0 Å². The topological polar surface area (TPSA) is 0 Å². The Morgan fingerprint density at radius 3 is 1.47 bits per heavy atom. The first kappa shape index (κ1) is 14.3. The van der Waals surface area contributed by atoms with Gasteiger partial charge in [-0.15, -0.1) is 0 Å². The Morgan fingerprint density at radius 2 is 1.18 bits per heavy atom. The van der Waals surface area contributed by atoms with E-state index in [1.807, 2.05) is 13.8 Å². The van der Waals surface area contributed by atoms with Crippen LogP contribution < -0.4 is 0 Å². The Labute approximate surface area is 107 Å². The highest BCUT2D eigenvalue weighted by Gasteiger charge is 2.41. The van der Waals surface area contributed by atoms with Crippen molar-refractivity contribution in [3.8, 4) is 0 Å². The van der Waals surface area contributed by atoms with E-state index in [1.165, 1.54) is 12.8 Å². The lowest BCUT2D eigenvalue weighted by atomic mass is 9.67. The van der Waals surface area contributed by atoms with E-state index in [0.29, 0.717) is 5.41 Å². The molecule has 1 aromatic carbocycles. The molecular formula is C17H28. The zero-order valence-electron chi connectivity index (χ0n) is 12.4. The molecule has 0 spiro atoms. The maximum absolute atomic E-state index is 2.38. The average molecular weight is 232 g/mol. The van der Waals surface area contributed by atoms with Crippen molar-refractivity contribution in [1.29, 1.82) is 0 Å². The van der Waals surface area contributed by atoms with Gasteiger partial charge < -0.3 is 0 Å². The third-order valence-corrected chi connectivity index (χ3v) is 4.46. The Bertz CT molecular complexity index is 312. The molecule has 0 heterocycles. The number of rotatable bonds is 2. The molecule has 0 aliphatic heterocycles. The standard InChI is InChI=1S/C15H22.C2H6/c1-11(2)15(12(3)4)9-13-7-5-6-8-14(13)10-15;1-2/h5-8,11-12H,9-10H2,1-4H3;1-2H3. The summed E-state index contributed by atoms with van der Waals surface area (Å²) in [6.45, 7) is 13.5. The second-order valence-electron chi connectivity index (χ2n) is 5.66. The van der Waals surface area contributed by atoms with Crippen LogP contribution in [0.3, 0.4) is 0 Å². The molecule has 0 unspecified atom stereocenters. The van der Waals surface area contributed by atoms with Gasteiger partial charge >= 0.3 is 0 Å². The molecule has 96 valence electrons. The van der Waals surface area contributed by atoms with Gasteiger partial charge in [-0.3, -0.25) is 0 Å². The third-order valence-electron chi connectivity index (χ3n) is 4.46. The average Bonchev–Trinajstić information content (AvgIpc) is 2.72. The Hall–Kier alpha value is -0.780. The van der Waals surface area contributed by atoms with E-state index in [9.17, 15) is 0 Å². The highest BCUT2D eigenvalue weighted by Crippen LogP contribution is 2.47. The van der Waals surface area contributed by atoms with Gasteiger partial charge in [0.05, 0.1) is 0 Å². The van der Waals surface area contributed by atoms with Crippen LogP contribution in [0.2, 0.25) is 0 Å². The molecule has 0 radical (unpaired) electrons. The van der Waals surface area contributed by atoms with Crippen molar-refractivity contribution < 1.29 is 0 Å². The predicted molar refractivity (Wildman–Crippen MR) is 77.3 cm³/mol. The van der Waals surface area contributed by atoms with Gasteiger partial charge in [0.2, 0.25) is 0 Å². The molecule has 0 nitrogen and oxygen atoms in total. The maximum Gasteiger partial charge on any atom is -0.0170 e. The van der Waals surface area contributed by atoms with Crippen molar-refractivity contribution in [2.45, 2.75) is 54.4 Å². The highest BCUT2D eigenvalue weighted by atomic mass is 14.5. The van der Waals surface area contributed by atoms with E-state index in [0.717, 1.165) is 11.8 Å². The summed E-state index contributed by atoms with van der Waals surface area (Å²) < 4.78 is 0. The quantitative estimate of drug-likeness (QED) is 0.664. The summed E-state index contributed by atoms with van der Waals surface area (Å²) in [5.74, 6) is 1.54. The fourth-order valence-corrected chi connectivity index (χ4v) is 3.16. The van der Waals surface area contributed by atoms with Crippen LogP contribution in [0.1, 0.15) is 52.7 Å². The molecule has 0 amide bonds. The third kappa shape index (κ3) is 2.56. The zero-order valence-corrected chi connectivity index (χ0v) is 12.4. The highest BCUT2D eigenvalue weighted by molar-refractivity contribution is 5.34. The second kappa shape index (κ2) is 5.71. The molecule has 2 rings (SSSR count). The van der Waals surface area contributed by atoms with E-state index in [2.05, 4.69) is 52.0 Å². The van der Waals surface area contributed by atoms with Gasteiger partial charge in [-0.2, -0.15) is 0 Å². The minimum atomic E-state index is 0.504. The molecular weight excluding hydrogens is 204 g/mol. The molecule has 0 saturated carbocycles. The summed E-state index contributed by atoms with van der Waals surface area (Å²) in [5.41, 5.74) is 3.67. The van der Waals surface area contributed by atoms with Crippen LogP contribution in [-0.2, 0) is 12.8 Å². The first-order valence-electron chi connectivity index (χ1n) is 7.13. The van der Waals surface area contributed by atoms with Crippen molar-refractivity contribution in [3.05, 3.63) is 35.4 Å². The van der Waals surface area contributed by atoms with Gasteiger partial charge in [-0.1, -0.05) is 65.8 Å². The van der Waals surface area contributed by atoms with Crippen molar-refractivity contribution in [3.63, 3.8) is 0 Å². The first-order chi connectivity index (χ1) is 8.06. The Balaban J connectivity index is 0.000000686. The minimum absolute atomic E-state index is 0.504. The monoisotopic (exact) mass is 232 g/mol. The van der Waals surface area contributed by atoms with Crippen LogP contribution >= 0.6 is 0 Å². The minimum Gasteiger partial charge on any atom is -0.0683 e. The van der Waals surface area contributed by atoms with E-state index < -0.39 is 0 Å². The molecule has 0 atom stereocenters. The second-order valence-corrected chi connectivity index (χ2v) is 5.66. The Morgan fingerprint density at radius 1 is 0.824 bits per heavy atom. The number of hydrogen-bond donors (Lipinski definition) is 0. The molecule has 0 aromatic heterocycles. The van der Waals surface area contributed by atoms with Crippen LogP contribution in [-0.4, -0.2) is 0 Å². The van der Waals surface area contributed by atoms with Gasteiger partial charge in [0.15, 0.2) is 0 Å². The molecule has 1 aliphatic rings. The van der Waals surface area contributed by atoms with Crippen molar-refractivity contribution in [2.24, 2.45) is 17.3 Å². The van der Waals surface area contributed by atoms with E-state index >= 15 is 0 Å². The summed E-state index contributed by atoms with van der Waals surface area (Å²) in [6, 6.07) is 8.97. The number of benzene rings is 1. The van der Waals surface area contributed by atoms with Crippen LogP contribution in [0.25, 0.3) is 0 Å². The van der Waals surface area contributed by atoms with Gasteiger partial charge in [-0.05, 0) is 41.2 Å². The molecule has 0 heteroatoms. The van der Waals surface area contributed by atoms with Crippen LogP contribution in [0.5, 0.6) is 0 Å². The summed E-state index contributed by atoms with van der Waals surface area (Å²) in [6.07, 6.45) is 2.55. The first-order valence-corrected chi connectivity index (χ1v) is 7.13. The molecule has 1 aliphatic carbocycles. The molecule has 17 heavy (non-hydrogen) atoms. The zero-order chi connectivity index (χ0) is 13.1. The van der Waals surface area contributed by atoms with E-state index in [4.69, 9.17) is 0 Å². The summed E-state index contributed by atoms with van der Waals surface area (Å²) in [7, 11) is 0. The van der Waals surface area contributed by atoms with E-state index in [1.54, 1.807) is 11.1 Å². The molecule has 0 bridgehead atoms. The molecule has 1 aromatic rings. The van der Waals surface area contributed by atoms with Gasteiger partial charge in [0.1, 0.15) is 0 Å². The van der Waals surface area contributed by atoms with Gasteiger partial charge in [-0.25, -0.2) is 0 Å². The number of hydrogen-bond acceptors (Lipinski definition) is 0. The van der Waals surface area contributed by atoms with Gasteiger partial charge in [0, 0.05) is 0 Å². The van der Waals surface area contributed by atoms with Crippen molar-refractivity contribution in [1.82, 2.24) is 0 Å². The summed E-state index contributed by atoms with van der Waals surface area (Å²) >= 11 is 0. The molecule has 0 fully saturated rings. The van der Waals surface area contributed by atoms with E-state index in [-0.39, 0.29) is 0 Å². The smallest absolute Gasteiger partial charge is 0.0170 e. The van der Waals surface area contributed by atoms with Crippen molar-refractivity contribution in [2.75, 3.05) is 0 Å². The Kier molecular flexibility index (Phi) is 4.80. The van der Waals surface area contributed by atoms with Gasteiger partial charge in [0.25, 0.3) is 0 Å². The normalized spacial score (nSPS) is 16.7. The van der Waals surface area contributed by atoms with Crippen LogP contribution in [0.15, 0.2) is 24.3 Å². The summed E-state index contributed by atoms with van der Waals surface area (Å²) in [5, 5.41) is 0. The SMILES string of the molecule is CC.CC(C)C1(C(C)C)Cc2ccccc2C1. The fraction of sp³-hybridized carbons (Fsp3) is 0.647. The molecule has 0 saturated heterocycles. The lowest BCUT2D eigenvalue weighted by Crippen LogP contribution is -2.33. The molecule has 0 N–H and O–H groups in total. The lowest BCUT2D eigenvalue weighted by Gasteiger charge is -2.37. The van der Waals surface area contributed by atoms with Crippen LogP contribution in [0.4, 0.5) is 0 Å². The van der Waals surface area contributed by atoms with Crippen LogP contribution in [0, 0.1) is 17.3 Å². The largest absolute Gasteiger partial charge is 0.0683 e.